The van der Waals surface area contributed by atoms with Crippen molar-refractivity contribution < 1.29 is 14.4 Å². The second-order valence-corrected chi connectivity index (χ2v) is 5.69. The first kappa shape index (κ1) is 18.3. The minimum Gasteiger partial charge on any atom is -0.374 e. The number of nitrogens with one attached hydrogen (secondary N) is 3. The number of primary amides is 1. The molecule has 0 radical (unpaired) electrons. The van der Waals surface area contributed by atoms with E-state index in [1.807, 2.05) is 5.32 Å². The van der Waals surface area contributed by atoms with Crippen LogP contribution in [0.2, 0.25) is 5.02 Å². The summed E-state index contributed by atoms with van der Waals surface area (Å²) in [6.07, 6.45) is 0. The number of hydrogen-bond acceptors (Lipinski definition) is 4. The molecule has 2 rings (SSSR count). The van der Waals surface area contributed by atoms with E-state index in [-0.39, 0.29) is 5.91 Å². The first-order chi connectivity index (χ1) is 11.8. The van der Waals surface area contributed by atoms with Gasteiger partial charge in [-0.25, -0.2) is 4.79 Å². The number of anilines is 2. The van der Waals surface area contributed by atoms with Crippen LogP contribution >= 0.6 is 11.6 Å². The average Bonchev–Trinajstić information content (AvgIpc) is 2.56. The Morgan fingerprint density at radius 1 is 0.960 bits per heavy atom. The fourth-order valence-electron chi connectivity index (χ4n) is 2.00. The Morgan fingerprint density at radius 3 is 2.08 bits per heavy atom. The number of nitrogens with two attached hydrogens (primary N) is 1. The molecular weight excluding hydrogens is 344 g/mol. The molecule has 0 saturated carbocycles. The molecule has 0 spiro atoms. The topological polar surface area (TPSA) is 113 Å². The zero-order valence-electron chi connectivity index (χ0n) is 13.4. The monoisotopic (exact) mass is 360 g/mol. The zero-order valence-corrected chi connectivity index (χ0v) is 14.1. The highest BCUT2D eigenvalue weighted by molar-refractivity contribution is 6.30. The van der Waals surface area contributed by atoms with Crippen molar-refractivity contribution >= 4 is 40.8 Å². The molecule has 0 heterocycles. The number of urea groups is 1. The normalized spacial score (nSPS) is 11.3. The minimum absolute atomic E-state index is 0.258. The Hall–Kier alpha value is -3.06. The molecule has 2 aromatic carbocycles. The molecular formula is C17H17ClN4O3. The van der Waals surface area contributed by atoms with Crippen molar-refractivity contribution in [2.75, 3.05) is 10.6 Å². The summed E-state index contributed by atoms with van der Waals surface area (Å²) < 4.78 is 0. The lowest BCUT2D eigenvalue weighted by Crippen LogP contribution is -2.43. The second-order valence-electron chi connectivity index (χ2n) is 5.26. The summed E-state index contributed by atoms with van der Waals surface area (Å²) in [6, 6.07) is 11.8. The Morgan fingerprint density at radius 2 is 1.52 bits per heavy atom. The van der Waals surface area contributed by atoms with Gasteiger partial charge < -0.3 is 16.4 Å². The third-order valence-corrected chi connectivity index (χ3v) is 3.52. The van der Waals surface area contributed by atoms with Crippen LogP contribution in [0, 0.1) is 0 Å². The van der Waals surface area contributed by atoms with Crippen molar-refractivity contribution in [2.24, 2.45) is 5.73 Å². The second kappa shape index (κ2) is 8.16. The van der Waals surface area contributed by atoms with Crippen LogP contribution in [-0.4, -0.2) is 23.9 Å². The van der Waals surface area contributed by atoms with Crippen molar-refractivity contribution in [3.05, 3.63) is 59.1 Å². The smallest absolute Gasteiger partial charge is 0.318 e. The number of carbonyl (C=O) groups excluding carboxylic acids is 3. The molecule has 8 heteroatoms. The maximum atomic E-state index is 12.1. The van der Waals surface area contributed by atoms with Gasteiger partial charge in [-0.2, -0.15) is 0 Å². The van der Waals surface area contributed by atoms with Gasteiger partial charge in [0, 0.05) is 22.0 Å². The first-order valence-corrected chi connectivity index (χ1v) is 7.77. The third kappa shape index (κ3) is 5.50. The number of benzene rings is 2. The van der Waals surface area contributed by atoms with Gasteiger partial charge in [0.2, 0.25) is 5.91 Å². The van der Waals surface area contributed by atoms with E-state index in [4.69, 9.17) is 17.3 Å². The Labute approximate surface area is 149 Å². The first-order valence-electron chi connectivity index (χ1n) is 7.39. The van der Waals surface area contributed by atoms with Crippen molar-refractivity contribution in [3.63, 3.8) is 0 Å². The van der Waals surface area contributed by atoms with Crippen LogP contribution in [0.15, 0.2) is 48.5 Å². The van der Waals surface area contributed by atoms with Gasteiger partial charge in [-0.15, -0.1) is 0 Å². The molecule has 130 valence electrons. The van der Waals surface area contributed by atoms with E-state index in [0.29, 0.717) is 22.0 Å². The highest BCUT2D eigenvalue weighted by atomic mass is 35.5. The van der Waals surface area contributed by atoms with E-state index >= 15 is 0 Å². The molecule has 7 nitrogen and oxygen atoms in total. The molecule has 25 heavy (non-hydrogen) atoms. The number of amides is 4. The molecule has 0 saturated heterocycles. The number of halogens is 1. The predicted molar refractivity (Wildman–Crippen MR) is 96.7 cm³/mol. The van der Waals surface area contributed by atoms with Crippen LogP contribution in [0.3, 0.4) is 0 Å². The van der Waals surface area contributed by atoms with Crippen LogP contribution in [0.5, 0.6) is 0 Å². The number of carbonyl (C=O) groups is 3. The maximum Gasteiger partial charge on any atom is 0.318 e. The van der Waals surface area contributed by atoms with Gasteiger partial charge in [-0.3, -0.25) is 14.9 Å². The molecule has 1 unspecified atom stereocenters. The van der Waals surface area contributed by atoms with Crippen LogP contribution in [0.4, 0.5) is 16.2 Å². The molecule has 2 aromatic rings. The molecule has 4 amide bonds. The minimum atomic E-state index is -0.904. The van der Waals surface area contributed by atoms with Crippen LogP contribution in [-0.2, 0) is 4.79 Å². The Balaban J connectivity index is 1.95. The van der Waals surface area contributed by atoms with Gasteiger partial charge in [0.05, 0.1) is 0 Å². The lowest BCUT2D eigenvalue weighted by atomic mass is 10.2. The Bertz CT molecular complexity index is 775. The molecule has 5 N–H and O–H groups in total. The van der Waals surface area contributed by atoms with Crippen LogP contribution < -0.4 is 21.7 Å². The van der Waals surface area contributed by atoms with E-state index in [1.54, 1.807) is 55.5 Å². The van der Waals surface area contributed by atoms with Gasteiger partial charge in [-0.05, 0) is 55.5 Å². The van der Waals surface area contributed by atoms with Crippen molar-refractivity contribution in [1.82, 2.24) is 5.32 Å². The number of hydrogen-bond donors (Lipinski definition) is 4. The van der Waals surface area contributed by atoms with E-state index in [9.17, 15) is 14.4 Å². The highest BCUT2D eigenvalue weighted by Gasteiger charge is 2.14. The fourth-order valence-corrected chi connectivity index (χ4v) is 2.13. The third-order valence-electron chi connectivity index (χ3n) is 3.27. The van der Waals surface area contributed by atoms with Gasteiger partial charge in [0.15, 0.2) is 0 Å². The van der Waals surface area contributed by atoms with E-state index < -0.39 is 18.0 Å². The largest absolute Gasteiger partial charge is 0.374 e. The molecule has 0 bridgehead atoms. The van der Waals surface area contributed by atoms with Gasteiger partial charge in [0.1, 0.15) is 6.04 Å². The van der Waals surface area contributed by atoms with Gasteiger partial charge >= 0.3 is 6.03 Å². The standard InChI is InChI=1S/C17H17ClN4O3/c1-10(15(23)22-17(19)25)20-13-6-8-14(9-7-13)21-16(24)11-2-4-12(18)5-3-11/h2-10,20H,1H3,(H,21,24)(H3,19,22,23,25). The summed E-state index contributed by atoms with van der Waals surface area (Å²) in [4.78, 5) is 34.4. The lowest BCUT2D eigenvalue weighted by molar-refractivity contribution is -0.120. The van der Waals surface area contributed by atoms with Crippen molar-refractivity contribution in [1.29, 1.82) is 0 Å². The zero-order chi connectivity index (χ0) is 18.4. The molecule has 1 atom stereocenters. The van der Waals surface area contributed by atoms with E-state index in [2.05, 4.69) is 10.6 Å². The molecule has 0 aliphatic heterocycles. The highest BCUT2D eigenvalue weighted by Crippen LogP contribution is 2.16. The van der Waals surface area contributed by atoms with Crippen LogP contribution in [0.1, 0.15) is 17.3 Å². The molecule has 0 aliphatic carbocycles. The van der Waals surface area contributed by atoms with Crippen LogP contribution in [0.25, 0.3) is 0 Å². The summed E-state index contributed by atoms with van der Waals surface area (Å²) in [5.41, 5.74) is 6.64. The van der Waals surface area contributed by atoms with Crippen molar-refractivity contribution in [3.8, 4) is 0 Å². The quantitative estimate of drug-likeness (QED) is 0.656. The SMILES string of the molecule is CC(Nc1ccc(NC(=O)c2ccc(Cl)cc2)cc1)C(=O)NC(N)=O. The van der Waals surface area contributed by atoms with E-state index in [1.165, 1.54) is 0 Å². The number of rotatable bonds is 5. The van der Waals surface area contributed by atoms with E-state index in [0.717, 1.165) is 0 Å². The lowest BCUT2D eigenvalue weighted by Gasteiger charge is -2.14. The van der Waals surface area contributed by atoms with Crippen molar-refractivity contribution in [2.45, 2.75) is 13.0 Å². The molecule has 0 fully saturated rings. The summed E-state index contributed by atoms with van der Waals surface area (Å²) in [6.45, 7) is 1.59. The predicted octanol–water partition coefficient (Wildman–Crippen LogP) is 2.59. The summed E-state index contributed by atoms with van der Waals surface area (Å²) in [5.74, 6) is -0.792. The summed E-state index contributed by atoms with van der Waals surface area (Å²) in [7, 11) is 0. The van der Waals surface area contributed by atoms with Gasteiger partial charge in [0.25, 0.3) is 5.91 Å². The number of imide groups is 1. The maximum absolute atomic E-state index is 12.1. The average molecular weight is 361 g/mol. The summed E-state index contributed by atoms with van der Waals surface area (Å²) >= 11 is 5.79. The Kier molecular flexibility index (Phi) is 5.97. The molecule has 0 aliphatic rings. The fraction of sp³-hybridized carbons (Fsp3) is 0.118. The van der Waals surface area contributed by atoms with Gasteiger partial charge in [-0.1, -0.05) is 11.6 Å². The summed E-state index contributed by atoms with van der Waals surface area (Å²) in [5, 5.41) is 8.23. The molecule has 0 aromatic heterocycles.